The molecular weight excluding hydrogens is 184 g/mol. The number of oxime groups is 1. The molecule has 0 fully saturated rings. The van der Waals surface area contributed by atoms with E-state index in [1.54, 1.807) is 11.3 Å². The van der Waals surface area contributed by atoms with E-state index >= 15 is 0 Å². The van der Waals surface area contributed by atoms with Crippen LogP contribution in [-0.2, 0) is 4.84 Å². The van der Waals surface area contributed by atoms with Crippen LogP contribution in [0, 0.1) is 13.8 Å². The first kappa shape index (κ1) is 10.2. The van der Waals surface area contributed by atoms with E-state index in [4.69, 9.17) is 4.84 Å². The van der Waals surface area contributed by atoms with E-state index in [1.165, 1.54) is 4.88 Å². The largest absolute Gasteiger partial charge is 0.396 e. The van der Waals surface area contributed by atoms with E-state index in [9.17, 15) is 0 Å². The van der Waals surface area contributed by atoms with Crippen molar-refractivity contribution in [1.29, 1.82) is 0 Å². The maximum absolute atomic E-state index is 4.97. The molecule has 3 nitrogen and oxygen atoms in total. The molecule has 0 N–H and O–H groups in total. The molecule has 0 aliphatic heterocycles. The minimum Gasteiger partial charge on any atom is -0.396 e. The molecule has 0 radical (unpaired) electrons. The van der Waals surface area contributed by atoms with Crippen molar-refractivity contribution in [3.63, 3.8) is 0 Å². The third kappa shape index (κ3) is 2.52. The summed E-state index contributed by atoms with van der Waals surface area (Å²) in [6.45, 7) is 8.46. The molecule has 13 heavy (non-hydrogen) atoms. The van der Waals surface area contributed by atoms with Gasteiger partial charge in [0.25, 0.3) is 0 Å². The molecule has 1 aromatic heterocycles. The van der Waals surface area contributed by atoms with Crippen molar-refractivity contribution in [3.05, 3.63) is 15.6 Å². The summed E-state index contributed by atoms with van der Waals surface area (Å²) < 4.78 is 0. The summed E-state index contributed by atoms with van der Waals surface area (Å²) in [4.78, 5) is 10.5. The summed E-state index contributed by atoms with van der Waals surface area (Å²) >= 11 is 1.68. The molecule has 1 rings (SSSR count). The van der Waals surface area contributed by atoms with Crippen LogP contribution in [0.3, 0.4) is 0 Å². The number of nitrogens with zero attached hydrogens (tertiary/aromatic N) is 2. The van der Waals surface area contributed by atoms with Gasteiger partial charge in [0.2, 0.25) is 0 Å². The second kappa shape index (κ2) is 4.37. The quantitative estimate of drug-likeness (QED) is 0.552. The fourth-order valence-corrected chi connectivity index (χ4v) is 1.94. The summed E-state index contributed by atoms with van der Waals surface area (Å²) in [5, 5.41) is 5.02. The Labute approximate surface area is 82.4 Å². The highest BCUT2D eigenvalue weighted by Crippen LogP contribution is 2.17. The first-order valence-corrected chi connectivity index (χ1v) is 5.07. The highest BCUT2D eigenvalue weighted by Gasteiger charge is 2.07. The lowest BCUT2D eigenvalue weighted by Crippen LogP contribution is -1.98. The Morgan fingerprint density at radius 2 is 2.23 bits per heavy atom. The predicted molar refractivity (Wildman–Crippen MR) is 55.4 cm³/mol. The van der Waals surface area contributed by atoms with E-state index < -0.39 is 0 Å². The molecule has 0 aliphatic carbocycles. The molecule has 0 aromatic carbocycles. The Kier molecular flexibility index (Phi) is 3.42. The average Bonchev–Trinajstić information content (AvgIpc) is 2.41. The summed E-state index contributed by atoms with van der Waals surface area (Å²) in [7, 11) is 0. The molecule has 0 atom stereocenters. The van der Waals surface area contributed by atoms with Crippen molar-refractivity contribution in [2.45, 2.75) is 27.7 Å². The summed E-state index contributed by atoms with van der Waals surface area (Å²) in [5.41, 5.74) is 1.81. The van der Waals surface area contributed by atoms with Crippen molar-refractivity contribution >= 4 is 17.0 Å². The Bertz CT molecular complexity index is 317. The molecule has 0 bridgehead atoms. The zero-order chi connectivity index (χ0) is 9.84. The number of aromatic nitrogens is 1. The van der Waals surface area contributed by atoms with Gasteiger partial charge < -0.3 is 4.84 Å². The van der Waals surface area contributed by atoms with Crippen molar-refractivity contribution in [2.75, 3.05) is 6.61 Å². The highest BCUT2D eigenvalue weighted by molar-refractivity contribution is 7.11. The van der Waals surface area contributed by atoms with Gasteiger partial charge in [-0.05, 0) is 27.7 Å². The third-order valence-corrected chi connectivity index (χ3v) is 2.46. The van der Waals surface area contributed by atoms with E-state index in [0.29, 0.717) is 6.61 Å². The van der Waals surface area contributed by atoms with Gasteiger partial charge in [-0.1, -0.05) is 5.16 Å². The maximum Gasteiger partial charge on any atom is 0.114 e. The highest BCUT2D eigenvalue weighted by atomic mass is 32.1. The van der Waals surface area contributed by atoms with Crippen molar-refractivity contribution in [2.24, 2.45) is 5.16 Å². The summed E-state index contributed by atoms with van der Waals surface area (Å²) in [5.74, 6) is 0. The standard InChI is InChI=1S/C9H14N2OS/c1-5-12-11-6(2)9-7(3)13-8(4)10-9/h5H2,1-4H3/b11-6+. The van der Waals surface area contributed by atoms with Gasteiger partial charge in [0.1, 0.15) is 18.0 Å². The molecule has 0 saturated carbocycles. The van der Waals surface area contributed by atoms with Gasteiger partial charge in [-0.15, -0.1) is 11.3 Å². The van der Waals surface area contributed by atoms with Gasteiger partial charge in [-0.3, -0.25) is 0 Å². The fourth-order valence-electron chi connectivity index (χ4n) is 1.07. The lowest BCUT2D eigenvalue weighted by atomic mass is 10.3. The summed E-state index contributed by atoms with van der Waals surface area (Å²) in [6.07, 6.45) is 0. The topological polar surface area (TPSA) is 34.5 Å². The average molecular weight is 198 g/mol. The SMILES string of the molecule is CCO/N=C(\C)c1nc(C)sc1C. The van der Waals surface area contributed by atoms with Gasteiger partial charge >= 0.3 is 0 Å². The van der Waals surface area contributed by atoms with Crippen LogP contribution in [0.1, 0.15) is 29.4 Å². The van der Waals surface area contributed by atoms with Gasteiger partial charge in [0.15, 0.2) is 0 Å². The molecule has 72 valence electrons. The second-order valence-electron chi connectivity index (χ2n) is 2.73. The van der Waals surface area contributed by atoms with E-state index in [1.807, 2.05) is 27.7 Å². The zero-order valence-electron chi connectivity index (χ0n) is 8.42. The monoisotopic (exact) mass is 198 g/mol. The number of aryl methyl sites for hydroxylation is 2. The van der Waals surface area contributed by atoms with Gasteiger partial charge in [0.05, 0.1) is 5.01 Å². The molecule has 1 heterocycles. The third-order valence-electron chi connectivity index (χ3n) is 1.58. The van der Waals surface area contributed by atoms with Crippen LogP contribution in [0.4, 0.5) is 0 Å². The van der Waals surface area contributed by atoms with E-state index in [0.717, 1.165) is 16.4 Å². The lowest BCUT2D eigenvalue weighted by Gasteiger charge is -1.97. The van der Waals surface area contributed by atoms with Crippen molar-refractivity contribution in [1.82, 2.24) is 4.98 Å². The van der Waals surface area contributed by atoms with Crippen LogP contribution in [0.15, 0.2) is 5.16 Å². The van der Waals surface area contributed by atoms with Crippen LogP contribution in [0.5, 0.6) is 0 Å². The molecule has 0 spiro atoms. The molecule has 4 heteroatoms. The van der Waals surface area contributed by atoms with Gasteiger partial charge in [-0.2, -0.15) is 0 Å². The first-order valence-electron chi connectivity index (χ1n) is 4.26. The number of thiazole rings is 1. The Hall–Kier alpha value is -0.900. The number of rotatable bonds is 3. The van der Waals surface area contributed by atoms with E-state index in [-0.39, 0.29) is 0 Å². The zero-order valence-corrected chi connectivity index (χ0v) is 9.23. The number of hydrogen-bond donors (Lipinski definition) is 0. The molecule has 1 aromatic rings. The van der Waals surface area contributed by atoms with Crippen molar-refractivity contribution < 1.29 is 4.84 Å². The van der Waals surface area contributed by atoms with Crippen LogP contribution >= 0.6 is 11.3 Å². The summed E-state index contributed by atoms with van der Waals surface area (Å²) in [6, 6.07) is 0. The molecule has 0 unspecified atom stereocenters. The minimum absolute atomic E-state index is 0.597. The Balaban J connectivity index is 2.87. The molecular formula is C9H14N2OS. The Morgan fingerprint density at radius 3 is 2.69 bits per heavy atom. The normalized spacial score (nSPS) is 11.8. The first-order chi connectivity index (χ1) is 6.15. The molecule has 0 aliphatic rings. The minimum atomic E-state index is 0.597. The fraction of sp³-hybridized carbons (Fsp3) is 0.556. The molecule has 0 amide bonds. The number of hydrogen-bond acceptors (Lipinski definition) is 4. The van der Waals surface area contributed by atoms with Crippen LogP contribution in [0.2, 0.25) is 0 Å². The van der Waals surface area contributed by atoms with Gasteiger partial charge in [-0.25, -0.2) is 4.98 Å². The lowest BCUT2D eigenvalue weighted by molar-refractivity contribution is 0.159. The van der Waals surface area contributed by atoms with Crippen LogP contribution in [0.25, 0.3) is 0 Å². The van der Waals surface area contributed by atoms with Crippen LogP contribution < -0.4 is 0 Å². The smallest absolute Gasteiger partial charge is 0.114 e. The van der Waals surface area contributed by atoms with Gasteiger partial charge in [0, 0.05) is 4.88 Å². The maximum atomic E-state index is 4.97. The molecule has 0 saturated heterocycles. The van der Waals surface area contributed by atoms with Crippen molar-refractivity contribution in [3.8, 4) is 0 Å². The van der Waals surface area contributed by atoms with E-state index in [2.05, 4.69) is 10.1 Å². The van der Waals surface area contributed by atoms with Crippen LogP contribution in [-0.4, -0.2) is 17.3 Å². The Morgan fingerprint density at radius 1 is 1.54 bits per heavy atom. The predicted octanol–water partition coefficient (Wildman–Crippen LogP) is 2.52. The second-order valence-corrected chi connectivity index (χ2v) is 4.14.